The fraction of sp³-hybridized carbons (Fsp3) is 0.455. The number of hydrogen-bond acceptors (Lipinski definition) is 1. The van der Waals surface area contributed by atoms with E-state index in [1.54, 1.807) is 0 Å². The Morgan fingerprint density at radius 2 is 1.94 bits per heavy atom. The lowest BCUT2D eigenvalue weighted by Gasteiger charge is -2.15. The fourth-order valence-corrected chi connectivity index (χ4v) is 1.83. The molecule has 6 heteroatoms. The van der Waals surface area contributed by atoms with Crippen LogP contribution in [0.15, 0.2) is 18.2 Å². The standard InChI is InChI=1S/C11H12ClF4N/c12-7-3-1-4-8(13)10(7)9(17)5-2-6-11(14,15)16/h1,3-4,9H,2,5-6,17H2. The Labute approximate surface area is 102 Å². The molecule has 1 unspecified atom stereocenters. The molecule has 0 aromatic heterocycles. The van der Waals surface area contributed by atoms with Gasteiger partial charge in [0.2, 0.25) is 0 Å². The third-order valence-corrected chi connectivity index (χ3v) is 2.68. The van der Waals surface area contributed by atoms with Crippen molar-refractivity contribution in [3.8, 4) is 0 Å². The first-order valence-corrected chi connectivity index (χ1v) is 5.45. The Morgan fingerprint density at radius 1 is 1.29 bits per heavy atom. The maximum absolute atomic E-state index is 13.4. The van der Waals surface area contributed by atoms with E-state index in [2.05, 4.69) is 0 Å². The van der Waals surface area contributed by atoms with E-state index in [0.29, 0.717) is 0 Å². The van der Waals surface area contributed by atoms with Crippen LogP contribution in [0.2, 0.25) is 5.02 Å². The van der Waals surface area contributed by atoms with Gasteiger partial charge in [0.05, 0.1) is 0 Å². The summed E-state index contributed by atoms with van der Waals surface area (Å²) in [7, 11) is 0. The molecule has 1 aromatic rings. The normalized spacial score (nSPS) is 13.8. The molecule has 0 spiro atoms. The smallest absolute Gasteiger partial charge is 0.324 e. The monoisotopic (exact) mass is 269 g/mol. The van der Waals surface area contributed by atoms with E-state index in [0.717, 1.165) is 0 Å². The molecule has 96 valence electrons. The quantitative estimate of drug-likeness (QED) is 0.814. The molecule has 0 aliphatic rings. The van der Waals surface area contributed by atoms with Gasteiger partial charge in [0, 0.05) is 23.0 Å². The first-order chi connectivity index (χ1) is 7.81. The van der Waals surface area contributed by atoms with Crippen molar-refractivity contribution in [2.75, 3.05) is 0 Å². The summed E-state index contributed by atoms with van der Waals surface area (Å²) in [5.74, 6) is -0.586. The molecule has 0 heterocycles. The molecular weight excluding hydrogens is 258 g/mol. The highest BCUT2D eigenvalue weighted by Gasteiger charge is 2.27. The summed E-state index contributed by atoms with van der Waals surface area (Å²) in [6.07, 6.45) is -5.24. The molecule has 1 atom stereocenters. The Bertz CT molecular complexity index is 358. The van der Waals surface area contributed by atoms with Crippen LogP contribution in [0.4, 0.5) is 17.6 Å². The van der Waals surface area contributed by atoms with E-state index in [-0.39, 0.29) is 23.4 Å². The molecule has 1 aromatic carbocycles. The lowest BCUT2D eigenvalue weighted by molar-refractivity contribution is -0.135. The molecule has 0 aliphatic heterocycles. The highest BCUT2D eigenvalue weighted by atomic mass is 35.5. The summed E-state index contributed by atoms with van der Waals surface area (Å²) in [5, 5.41) is 0.143. The zero-order valence-electron chi connectivity index (χ0n) is 8.90. The van der Waals surface area contributed by atoms with Crippen LogP contribution in [0.3, 0.4) is 0 Å². The van der Waals surface area contributed by atoms with Crippen molar-refractivity contribution in [2.45, 2.75) is 31.5 Å². The van der Waals surface area contributed by atoms with E-state index in [1.165, 1.54) is 18.2 Å². The van der Waals surface area contributed by atoms with Gasteiger partial charge in [-0.2, -0.15) is 13.2 Å². The fourth-order valence-electron chi connectivity index (χ4n) is 1.53. The van der Waals surface area contributed by atoms with Crippen LogP contribution in [0.1, 0.15) is 30.9 Å². The third kappa shape index (κ3) is 4.52. The highest BCUT2D eigenvalue weighted by molar-refractivity contribution is 6.31. The summed E-state index contributed by atoms with van der Waals surface area (Å²) in [4.78, 5) is 0. The van der Waals surface area contributed by atoms with Gasteiger partial charge in [0.1, 0.15) is 5.82 Å². The van der Waals surface area contributed by atoms with Crippen LogP contribution in [0.5, 0.6) is 0 Å². The van der Waals surface area contributed by atoms with E-state index in [4.69, 9.17) is 17.3 Å². The van der Waals surface area contributed by atoms with Gasteiger partial charge in [-0.25, -0.2) is 4.39 Å². The SMILES string of the molecule is NC(CCCC(F)(F)F)c1c(F)cccc1Cl. The largest absolute Gasteiger partial charge is 0.389 e. The van der Waals surface area contributed by atoms with Crippen molar-refractivity contribution in [3.05, 3.63) is 34.6 Å². The first-order valence-electron chi connectivity index (χ1n) is 5.07. The van der Waals surface area contributed by atoms with Crippen molar-refractivity contribution in [2.24, 2.45) is 5.73 Å². The molecule has 0 fully saturated rings. The molecule has 0 aliphatic carbocycles. The molecule has 0 bridgehead atoms. The van der Waals surface area contributed by atoms with Crippen molar-refractivity contribution >= 4 is 11.6 Å². The van der Waals surface area contributed by atoms with Gasteiger partial charge >= 0.3 is 6.18 Å². The second kappa shape index (κ2) is 5.69. The predicted octanol–water partition coefficient (Wildman–Crippen LogP) is 4.21. The van der Waals surface area contributed by atoms with Crippen molar-refractivity contribution in [1.82, 2.24) is 0 Å². The van der Waals surface area contributed by atoms with Crippen molar-refractivity contribution < 1.29 is 17.6 Å². The van der Waals surface area contributed by atoms with E-state index < -0.39 is 24.5 Å². The number of hydrogen-bond donors (Lipinski definition) is 1. The molecule has 0 amide bonds. The van der Waals surface area contributed by atoms with Crippen LogP contribution in [-0.4, -0.2) is 6.18 Å². The summed E-state index contributed by atoms with van der Waals surface area (Å²) >= 11 is 5.75. The third-order valence-electron chi connectivity index (χ3n) is 2.35. The van der Waals surface area contributed by atoms with E-state index in [9.17, 15) is 17.6 Å². The minimum absolute atomic E-state index is 0.0418. The van der Waals surface area contributed by atoms with Crippen molar-refractivity contribution in [3.63, 3.8) is 0 Å². The second-order valence-corrected chi connectivity index (χ2v) is 4.16. The Hall–Kier alpha value is -0.810. The van der Waals surface area contributed by atoms with Crippen LogP contribution in [0, 0.1) is 5.82 Å². The number of nitrogens with two attached hydrogens (primary N) is 1. The lowest BCUT2D eigenvalue weighted by atomic mass is 10.0. The van der Waals surface area contributed by atoms with Gasteiger partial charge in [-0.05, 0) is 25.0 Å². The minimum Gasteiger partial charge on any atom is -0.324 e. The van der Waals surface area contributed by atoms with Crippen LogP contribution in [-0.2, 0) is 0 Å². The number of halogens is 5. The average molecular weight is 270 g/mol. The molecule has 1 rings (SSSR count). The summed E-state index contributed by atoms with van der Waals surface area (Å²) < 4.78 is 49.2. The molecule has 0 saturated heterocycles. The average Bonchev–Trinajstić information content (AvgIpc) is 2.15. The molecule has 17 heavy (non-hydrogen) atoms. The zero-order chi connectivity index (χ0) is 13.1. The van der Waals surface area contributed by atoms with Gasteiger partial charge in [-0.3, -0.25) is 0 Å². The molecular formula is C11H12ClF4N. The zero-order valence-corrected chi connectivity index (χ0v) is 9.65. The van der Waals surface area contributed by atoms with E-state index in [1.807, 2.05) is 0 Å². The highest BCUT2D eigenvalue weighted by Crippen LogP contribution is 2.29. The molecule has 1 nitrogen and oxygen atoms in total. The Kier molecular flexibility index (Phi) is 4.77. The van der Waals surface area contributed by atoms with Crippen molar-refractivity contribution in [1.29, 1.82) is 0 Å². The van der Waals surface area contributed by atoms with Crippen LogP contribution < -0.4 is 5.73 Å². The van der Waals surface area contributed by atoms with Crippen LogP contribution >= 0.6 is 11.6 Å². The summed E-state index contributed by atoms with van der Waals surface area (Å²) in [6, 6.07) is 3.25. The van der Waals surface area contributed by atoms with Gasteiger partial charge in [-0.1, -0.05) is 17.7 Å². The summed E-state index contributed by atoms with van der Waals surface area (Å²) in [5.41, 5.74) is 5.71. The number of benzene rings is 1. The number of alkyl halides is 3. The van der Waals surface area contributed by atoms with Gasteiger partial charge in [0.15, 0.2) is 0 Å². The summed E-state index contributed by atoms with van der Waals surface area (Å²) in [6.45, 7) is 0. The second-order valence-electron chi connectivity index (χ2n) is 3.75. The first kappa shape index (κ1) is 14.3. The lowest BCUT2D eigenvalue weighted by Crippen LogP contribution is -2.15. The van der Waals surface area contributed by atoms with Gasteiger partial charge in [-0.15, -0.1) is 0 Å². The maximum Gasteiger partial charge on any atom is 0.389 e. The minimum atomic E-state index is -4.21. The molecule has 2 N–H and O–H groups in total. The number of rotatable bonds is 4. The Morgan fingerprint density at radius 3 is 2.47 bits per heavy atom. The van der Waals surface area contributed by atoms with Crippen LogP contribution in [0.25, 0.3) is 0 Å². The topological polar surface area (TPSA) is 26.0 Å². The molecule has 0 saturated carbocycles. The maximum atomic E-state index is 13.4. The van der Waals surface area contributed by atoms with Gasteiger partial charge < -0.3 is 5.73 Å². The Balaban J connectivity index is 2.61. The molecule has 0 radical (unpaired) electrons. The van der Waals surface area contributed by atoms with Gasteiger partial charge in [0.25, 0.3) is 0 Å². The predicted molar refractivity (Wildman–Crippen MR) is 58.2 cm³/mol. The van der Waals surface area contributed by atoms with E-state index >= 15 is 0 Å².